The molecule has 2 aliphatic heterocycles. The summed E-state index contributed by atoms with van der Waals surface area (Å²) >= 11 is 1.49. The van der Waals surface area contributed by atoms with Crippen molar-refractivity contribution in [3.05, 3.63) is 22.4 Å². The number of hydrogen-bond acceptors (Lipinski definition) is 4. The molecule has 0 spiro atoms. The number of nitrogens with zero attached hydrogens (tertiary/aromatic N) is 3. The average molecular weight is 376 g/mol. The third kappa shape index (κ3) is 3.81. The van der Waals surface area contributed by atoms with Gasteiger partial charge in [0.15, 0.2) is 0 Å². The van der Waals surface area contributed by atoms with Crippen LogP contribution in [0.3, 0.4) is 0 Å². The van der Waals surface area contributed by atoms with Crippen LogP contribution in [0.4, 0.5) is 0 Å². The Hall–Kier alpha value is -1.40. The molecule has 0 aromatic carbocycles. The standard InChI is InChI=1S/C20H29N3O2S/c24-19(15-23-9-3-6-16-5-1-2-7-17(16)23)21-10-12-22(13-11-21)20(25)18-8-4-14-26-18/h4,8,14,16-17H,1-3,5-7,9-13,15H2/t16-,17-/m0/s1. The van der Waals surface area contributed by atoms with E-state index < -0.39 is 0 Å². The van der Waals surface area contributed by atoms with Crippen LogP contribution in [0, 0.1) is 5.92 Å². The molecule has 2 saturated heterocycles. The van der Waals surface area contributed by atoms with Crippen molar-refractivity contribution in [1.29, 1.82) is 0 Å². The fourth-order valence-electron chi connectivity index (χ4n) is 4.91. The number of thiophene rings is 1. The molecule has 1 saturated carbocycles. The van der Waals surface area contributed by atoms with Crippen LogP contribution in [0.25, 0.3) is 0 Å². The summed E-state index contributed by atoms with van der Waals surface area (Å²) in [6.07, 6.45) is 7.87. The minimum Gasteiger partial charge on any atom is -0.338 e. The van der Waals surface area contributed by atoms with Crippen molar-refractivity contribution in [1.82, 2.24) is 14.7 Å². The van der Waals surface area contributed by atoms with Gasteiger partial charge < -0.3 is 9.80 Å². The van der Waals surface area contributed by atoms with Gasteiger partial charge in [-0.15, -0.1) is 11.3 Å². The van der Waals surface area contributed by atoms with Crippen molar-refractivity contribution in [2.24, 2.45) is 5.92 Å². The Morgan fingerprint density at radius 3 is 2.46 bits per heavy atom. The van der Waals surface area contributed by atoms with Crippen molar-refractivity contribution in [3.8, 4) is 0 Å². The van der Waals surface area contributed by atoms with Gasteiger partial charge in [-0.3, -0.25) is 14.5 Å². The quantitative estimate of drug-likeness (QED) is 0.816. The van der Waals surface area contributed by atoms with Crippen LogP contribution in [0.1, 0.15) is 48.2 Å². The van der Waals surface area contributed by atoms with E-state index in [4.69, 9.17) is 0 Å². The van der Waals surface area contributed by atoms with Crippen LogP contribution in [0.2, 0.25) is 0 Å². The van der Waals surface area contributed by atoms with Gasteiger partial charge in [0.2, 0.25) is 5.91 Å². The van der Waals surface area contributed by atoms with Crippen LogP contribution < -0.4 is 0 Å². The van der Waals surface area contributed by atoms with Crippen LogP contribution in [-0.4, -0.2) is 71.8 Å². The van der Waals surface area contributed by atoms with Gasteiger partial charge in [0.25, 0.3) is 5.91 Å². The smallest absolute Gasteiger partial charge is 0.264 e. The molecule has 0 N–H and O–H groups in total. The average Bonchev–Trinajstić information content (AvgIpc) is 3.23. The van der Waals surface area contributed by atoms with Crippen molar-refractivity contribution in [2.75, 3.05) is 39.3 Å². The number of rotatable bonds is 3. The lowest BCUT2D eigenvalue weighted by atomic mass is 9.78. The fraction of sp³-hybridized carbons (Fsp3) is 0.700. The molecular weight excluding hydrogens is 346 g/mol. The zero-order valence-electron chi connectivity index (χ0n) is 15.4. The van der Waals surface area contributed by atoms with Crippen molar-refractivity contribution < 1.29 is 9.59 Å². The van der Waals surface area contributed by atoms with Gasteiger partial charge >= 0.3 is 0 Å². The van der Waals surface area contributed by atoms with Gasteiger partial charge in [-0.2, -0.15) is 0 Å². The molecule has 0 unspecified atom stereocenters. The van der Waals surface area contributed by atoms with Crippen LogP contribution in [0.5, 0.6) is 0 Å². The second-order valence-electron chi connectivity index (χ2n) is 7.87. The van der Waals surface area contributed by atoms with E-state index >= 15 is 0 Å². The van der Waals surface area contributed by atoms with Crippen molar-refractivity contribution >= 4 is 23.2 Å². The Balaban J connectivity index is 1.29. The summed E-state index contributed by atoms with van der Waals surface area (Å²) in [6.45, 7) is 4.27. The largest absolute Gasteiger partial charge is 0.338 e. The third-order valence-corrected chi connectivity index (χ3v) is 7.21. The highest BCUT2D eigenvalue weighted by Gasteiger charge is 2.35. The van der Waals surface area contributed by atoms with Gasteiger partial charge in [0.1, 0.15) is 0 Å². The number of carbonyl (C=O) groups excluding carboxylic acids is 2. The predicted molar refractivity (Wildman–Crippen MR) is 103 cm³/mol. The second kappa shape index (κ2) is 8.09. The number of piperazine rings is 1. The molecule has 5 nitrogen and oxygen atoms in total. The van der Waals surface area contributed by atoms with E-state index in [0.717, 1.165) is 17.3 Å². The number of carbonyl (C=O) groups is 2. The van der Waals surface area contributed by atoms with Gasteiger partial charge in [0.05, 0.1) is 11.4 Å². The molecular formula is C20H29N3O2S. The predicted octanol–water partition coefficient (Wildman–Crippen LogP) is 2.69. The molecule has 0 bridgehead atoms. The molecule has 142 valence electrons. The Morgan fingerprint density at radius 1 is 0.962 bits per heavy atom. The first-order valence-electron chi connectivity index (χ1n) is 10.1. The summed E-state index contributed by atoms with van der Waals surface area (Å²) in [6, 6.07) is 4.42. The number of amides is 2. The number of hydrogen-bond donors (Lipinski definition) is 0. The van der Waals surface area contributed by atoms with Gasteiger partial charge in [0, 0.05) is 32.2 Å². The Labute approximate surface area is 159 Å². The molecule has 6 heteroatoms. The Bertz CT molecular complexity index is 623. The highest BCUT2D eigenvalue weighted by molar-refractivity contribution is 7.12. The molecule has 4 rings (SSSR count). The number of fused-ring (bicyclic) bond motifs is 1. The minimum atomic E-state index is 0.105. The summed E-state index contributed by atoms with van der Waals surface area (Å²) < 4.78 is 0. The molecule has 3 aliphatic rings. The molecule has 26 heavy (non-hydrogen) atoms. The number of likely N-dealkylation sites (tertiary alicyclic amines) is 1. The molecule has 1 aromatic rings. The van der Waals surface area contributed by atoms with Crippen LogP contribution in [0.15, 0.2) is 17.5 Å². The summed E-state index contributed by atoms with van der Waals surface area (Å²) in [5.74, 6) is 1.16. The lowest BCUT2D eigenvalue weighted by Crippen LogP contribution is -2.55. The van der Waals surface area contributed by atoms with Crippen LogP contribution in [-0.2, 0) is 4.79 Å². The highest BCUT2D eigenvalue weighted by Crippen LogP contribution is 2.35. The zero-order valence-corrected chi connectivity index (χ0v) is 16.3. The summed E-state index contributed by atoms with van der Waals surface area (Å²) in [7, 11) is 0. The van der Waals surface area contributed by atoms with Crippen molar-refractivity contribution in [2.45, 2.75) is 44.6 Å². The first kappa shape index (κ1) is 18.0. The molecule has 2 amide bonds. The highest BCUT2D eigenvalue weighted by atomic mass is 32.1. The second-order valence-corrected chi connectivity index (χ2v) is 8.82. The first-order chi connectivity index (χ1) is 12.7. The van der Waals surface area contributed by atoms with E-state index in [1.165, 1.54) is 49.9 Å². The lowest BCUT2D eigenvalue weighted by molar-refractivity contribution is -0.135. The number of piperidine rings is 1. The maximum absolute atomic E-state index is 12.8. The van der Waals surface area contributed by atoms with E-state index in [-0.39, 0.29) is 11.8 Å². The molecule has 3 heterocycles. The van der Waals surface area contributed by atoms with E-state index in [2.05, 4.69) is 4.90 Å². The van der Waals surface area contributed by atoms with Gasteiger partial charge in [-0.25, -0.2) is 0 Å². The minimum absolute atomic E-state index is 0.105. The van der Waals surface area contributed by atoms with E-state index in [1.54, 1.807) is 0 Å². The topological polar surface area (TPSA) is 43.9 Å². The third-order valence-electron chi connectivity index (χ3n) is 6.35. The van der Waals surface area contributed by atoms with Crippen LogP contribution >= 0.6 is 11.3 Å². The van der Waals surface area contributed by atoms with Gasteiger partial charge in [-0.1, -0.05) is 18.9 Å². The summed E-state index contributed by atoms with van der Waals surface area (Å²) in [4.78, 5) is 32.4. The first-order valence-corrected chi connectivity index (χ1v) is 10.9. The lowest BCUT2D eigenvalue weighted by Gasteiger charge is -2.44. The molecule has 2 atom stereocenters. The fourth-order valence-corrected chi connectivity index (χ4v) is 5.60. The normalized spacial score (nSPS) is 27.2. The molecule has 1 aliphatic carbocycles. The summed E-state index contributed by atoms with van der Waals surface area (Å²) in [5.41, 5.74) is 0. The molecule has 1 aromatic heterocycles. The Morgan fingerprint density at radius 2 is 1.69 bits per heavy atom. The SMILES string of the molecule is O=C(CN1CCC[C@@H]2CCCC[C@@H]21)N1CCN(C(=O)c2cccs2)CC1. The molecule has 0 radical (unpaired) electrons. The van der Waals surface area contributed by atoms with Gasteiger partial charge in [-0.05, 0) is 49.6 Å². The van der Waals surface area contributed by atoms with E-state index in [1.807, 2.05) is 27.3 Å². The Kier molecular flexibility index (Phi) is 5.60. The zero-order chi connectivity index (χ0) is 17.9. The maximum atomic E-state index is 12.8. The van der Waals surface area contributed by atoms with E-state index in [9.17, 15) is 9.59 Å². The monoisotopic (exact) mass is 375 g/mol. The van der Waals surface area contributed by atoms with Crippen molar-refractivity contribution in [3.63, 3.8) is 0 Å². The van der Waals surface area contributed by atoms with E-state index in [0.29, 0.717) is 38.8 Å². The maximum Gasteiger partial charge on any atom is 0.264 e. The molecule has 3 fully saturated rings. The summed E-state index contributed by atoms with van der Waals surface area (Å²) in [5, 5.41) is 1.93.